The average molecular weight is 487 g/mol. The minimum Gasteiger partial charge on any atom is -0.507 e. The Bertz CT molecular complexity index is 1330. The predicted octanol–water partition coefficient (Wildman–Crippen LogP) is 4.20. The van der Waals surface area contributed by atoms with Gasteiger partial charge in [0.1, 0.15) is 11.5 Å². The number of aromatic nitrogens is 1. The zero-order chi connectivity index (χ0) is 25.8. The molecule has 8 nitrogen and oxygen atoms in total. The number of aliphatic hydroxyl groups excluding tert-OH is 1. The fraction of sp³-hybridized carbons (Fsp3) is 0.214. The Morgan fingerprint density at radius 2 is 1.86 bits per heavy atom. The van der Waals surface area contributed by atoms with Gasteiger partial charge < -0.3 is 19.5 Å². The highest BCUT2D eigenvalue weighted by atomic mass is 16.5. The molecule has 1 unspecified atom stereocenters. The van der Waals surface area contributed by atoms with E-state index < -0.39 is 23.7 Å². The number of aliphatic hydroxyl groups is 1. The standard InChI is InChI=1S/C28H26N2O6/c1-4-36-28(34)19-9-7-18(8-10-19)16-30-24(20-6-5-13-29-15-20)23(26(32)27(30)33)25(31)22-12-11-21(35-3)14-17(22)2/h5-15,24,31H,4,16H2,1-3H3/b25-23-. The zero-order valence-corrected chi connectivity index (χ0v) is 20.2. The van der Waals surface area contributed by atoms with Crippen LogP contribution in [0.2, 0.25) is 0 Å². The van der Waals surface area contributed by atoms with Gasteiger partial charge in [0.15, 0.2) is 0 Å². The number of nitrogens with zero attached hydrogens (tertiary/aromatic N) is 2. The molecule has 0 saturated carbocycles. The van der Waals surface area contributed by atoms with Crippen LogP contribution >= 0.6 is 0 Å². The van der Waals surface area contributed by atoms with Crippen molar-refractivity contribution in [2.75, 3.05) is 13.7 Å². The monoisotopic (exact) mass is 486 g/mol. The van der Waals surface area contributed by atoms with Gasteiger partial charge in [-0.15, -0.1) is 0 Å². The molecule has 8 heteroatoms. The minimum atomic E-state index is -0.843. The molecule has 1 saturated heterocycles. The summed E-state index contributed by atoms with van der Waals surface area (Å²) in [7, 11) is 1.54. The van der Waals surface area contributed by atoms with Crippen LogP contribution in [0.3, 0.4) is 0 Å². The highest BCUT2D eigenvalue weighted by Gasteiger charge is 2.46. The number of aryl methyl sites for hydroxylation is 1. The minimum absolute atomic E-state index is 0.00981. The molecular weight excluding hydrogens is 460 g/mol. The van der Waals surface area contributed by atoms with E-state index in [-0.39, 0.29) is 24.5 Å². The van der Waals surface area contributed by atoms with Crippen LogP contribution in [-0.4, -0.2) is 46.4 Å². The third-order valence-electron chi connectivity index (χ3n) is 6.05. The quantitative estimate of drug-likeness (QED) is 0.231. The second-order valence-corrected chi connectivity index (χ2v) is 8.31. The molecule has 36 heavy (non-hydrogen) atoms. The molecule has 1 aliphatic rings. The number of carbonyl (C=O) groups is 3. The van der Waals surface area contributed by atoms with Crippen molar-refractivity contribution in [1.29, 1.82) is 0 Å². The maximum atomic E-state index is 13.2. The number of ketones is 1. The Morgan fingerprint density at radius 1 is 1.11 bits per heavy atom. The van der Waals surface area contributed by atoms with E-state index in [1.165, 1.54) is 4.90 Å². The maximum absolute atomic E-state index is 13.2. The molecule has 1 aromatic heterocycles. The molecule has 4 rings (SSSR count). The fourth-order valence-electron chi connectivity index (χ4n) is 4.26. The van der Waals surface area contributed by atoms with Crippen molar-refractivity contribution in [2.24, 2.45) is 0 Å². The number of benzene rings is 2. The smallest absolute Gasteiger partial charge is 0.338 e. The van der Waals surface area contributed by atoms with Gasteiger partial charge in [0.25, 0.3) is 11.7 Å². The summed E-state index contributed by atoms with van der Waals surface area (Å²) in [6.45, 7) is 3.88. The van der Waals surface area contributed by atoms with Gasteiger partial charge >= 0.3 is 5.97 Å². The Morgan fingerprint density at radius 3 is 2.47 bits per heavy atom. The summed E-state index contributed by atoms with van der Waals surface area (Å²) in [6, 6.07) is 14.4. The van der Waals surface area contributed by atoms with E-state index in [9.17, 15) is 19.5 Å². The zero-order valence-electron chi connectivity index (χ0n) is 20.2. The maximum Gasteiger partial charge on any atom is 0.338 e. The molecule has 2 heterocycles. The van der Waals surface area contributed by atoms with Crippen molar-refractivity contribution in [1.82, 2.24) is 9.88 Å². The van der Waals surface area contributed by atoms with Crippen LogP contribution in [0, 0.1) is 6.92 Å². The number of rotatable bonds is 7. The molecule has 1 aliphatic heterocycles. The number of amides is 1. The van der Waals surface area contributed by atoms with Gasteiger partial charge in [0.05, 0.1) is 30.9 Å². The van der Waals surface area contributed by atoms with Crippen molar-refractivity contribution in [3.8, 4) is 5.75 Å². The van der Waals surface area contributed by atoms with E-state index in [4.69, 9.17) is 9.47 Å². The van der Waals surface area contributed by atoms with Crippen LogP contribution in [0.5, 0.6) is 5.75 Å². The number of hydrogen-bond acceptors (Lipinski definition) is 7. The highest BCUT2D eigenvalue weighted by Crippen LogP contribution is 2.40. The van der Waals surface area contributed by atoms with E-state index in [2.05, 4.69) is 4.98 Å². The van der Waals surface area contributed by atoms with Crippen LogP contribution < -0.4 is 4.74 Å². The summed E-state index contributed by atoms with van der Waals surface area (Å²) < 4.78 is 10.3. The number of esters is 1. The van der Waals surface area contributed by atoms with Crippen LogP contribution in [0.1, 0.15) is 45.6 Å². The van der Waals surface area contributed by atoms with Gasteiger partial charge in [-0.1, -0.05) is 18.2 Å². The molecule has 3 aromatic rings. The van der Waals surface area contributed by atoms with E-state index in [0.29, 0.717) is 33.6 Å². The summed E-state index contributed by atoms with van der Waals surface area (Å²) in [5.74, 6) is -1.59. The van der Waals surface area contributed by atoms with Crippen LogP contribution in [-0.2, 0) is 20.9 Å². The molecular formula is C28H26N2O6. The molecule has 1 fully saturated rings. The van der Waals surface area contributed by atoms with Gasteiger partial charge in [-0.3, -0.25) is 14.6 Å². The summed E-state index contributed by atoms with van der Waals surface area (Å²) >= 11 is 0. The van der Waals surface area contributed by atoms with Crippen molar-refractivity contribution < 1.29 is 29.0 Å². The third kappa shape index (κ3) is 4.70. The fourth-order valence-corrected chi connectivity index (χ4v) is 4.26. The van der Waals surface area contributed by atoms with Crippen molar-refractivity contribution in [2.45, 2.75) is 26.4 Å². The molecule has 0 radical (unpaired) electrons. The molecule has 0 aliphatic carbocycles. The number of carbonyl (C=O) groups excluding carboxylic acids is 3. The number of methoxy groups -OCH3 is 1. The number of hydrogen-bond donors (Lipinski definition) is 1. The summed E-state index contributed by atoms with van der Waals surface area (Å²) in [5, 5.41) is 11.3. The SMILES string of the molecule is CCOC(=O)c1ccc(CN2C(=O)C(=O)/C(=C(\O)c3ccc(OC)cc3C)C2c2cccnc2)cc1. The lowest BCUT2D eigenvalue weighted by Crippen LogP contribution is -2.29. The van der Waals surface area contributed by atoms with Crippen LogP contribution in [0.4, 0.5) is 0 Å². The first-order valence-electron chi connectivity index (χ1n) is 11.4. The molecule has 0 bridgehead atoms. The topological polar surface area (TPSA) is 106 Å². The Hall–Kier alpha value is -4.46. The average Bonchev–Trinajstić information content (AvgIpc) is 3.14. The molecule has 2 aromatic carbocycles. The second kappa shape index (κ2) is 10.4. The Kier molecular flexibility index (Phi) is 7.15. The number of ether oxygens (including phenoxy) is 2. The van der Waals surface area contributed by atoms with E-state index in [1.807, 2.05) is 0 Å². The first-order valence-corrected chi connectivity index (χ1v) is 11.4. The first kappa shape index (κ1) is 24.7. The lowest BCUT2D eigenvalue weighted by molar-refractivity contribution is -0.140. The van der Waals surface area contributed by atoms with Crippen LogP contribution in [0.25, 0.3) is 5.76 Å². The predicted molar refractivity (Wildman–Crippen MR) is 132 cm³/mol. The number of Topliss-reactive ketones (excluding diaryl/α,β-unsaturated/α-hetero) is 1. The van der Waals surface area contributed by atoms with E-state index in [1.54, 1.807) is 87.9 Å². The molecule has 0 spiro atoms. The number of pyridine rings is 1. The Labute approximate surface area is 208 Å². The summed E-state index contributed by atoms with van der Waals surface area (Å²) in [4.78, 5) is 44.0. The van der Waals surface area contributed by atoms with Gasteiger partial charge in [-0.05, 0) is 66.9 Å². The van der Waals surface area contributed by atoms with Gasteiger partial charge in [0, 0.05) is 24.5 Å². The molecule has 1 N–H and O–H groups in total. The number of likely N-dealkylation sites (tertiary alicyclic amines) is 1. The largest absolute Gasteiger partial charge is 0.507 e. The van der Waals surface area contributed by atoms with Gasteiger partial charge in [-0.2, -0.15) is 0 Å². The lowest BCUT2D eigenvalue weighted by atomic mass is 9.94. The van der Waals surface area contributed by atoms with Gasteiger partial charge in [0.2, 0.25) is 0 Å². The van der Waals surface area contributed by atoms with E-state index in [0.717, 1.165) is 0 Å². The normalized spacial score (nSPS) is 16.8. The Balaban J connectivity index is 1.76. The van der Waals surface area contributed by atoms with Crippen molar-refractivity contribution in [3.05, 3.63) is 100 Å². The summed E-state index contributed by atoms with van der Waals surface area (Å²) in [5.41, 5.74) is 2.80. The third-order valence-corrected chi connectivity index (χ3v) is 6.05. The van der Waals surface area contributed by atoms with Gasteiger partial charge in [-0.25, -0.2) is 4.79 Å². The van der Waals surface area contributed by atoms with E-state index >= 15 is 0 Å². The summed E-state index contributed by atoms with van der Waals surface area (Å²) in [6.07, 6.45) is 3.17. The molecule has 1 amide bonds. The first-order chi connectivity index (χ1) is 17.3. The molecule has 1 atom stereocenters. The lowest BCUT2D eigenvalue weighted by Gasteiger charge is -2.25. The van der Waals surface area contributed by atoms with Crippen molar-refractivity contribution in [3.63, 3.8) is 0 Å². The van der Waals surface area contributed by atoms with Crippen LogP contribution in [0.15, 0.2) is 72.6 Å². The van der Waals surface area contributed by atoms with Crippen molar-refractivity contribution >= 4 is 23.4 Å². The molecule has 184 valence electrons. The second-order valence-electron chi connectivity index (χ2n) is 8.31. The highest BCUT2D eigenvalue weighted by molar-refractivity contribution is 6.46.